The van der Waals surface area contributed by atoms with E-state index < -0.39 is 17.5 Å². The minimum absolute atomic E-state index is 0.253. The van der Waals surface area contributed by atoms with Crippen LogP contribution < -0.4 is 0 Å². The third-order valence-electron chi connectivity index (χ3n) is 4.02. The van der Waals surface area contributed by atoms with Crippen molar-refractivity contribution in [3.63, 3.8) is 0 Å². The molecule has 1 aliphatic heterocycles. The topological polar surface area (TPSA) is 66.8 Å². The number of carboxylic acid groups (broad SMARTS) is 1. The van der Waals surface area contributed by atoms with Gasteiger partial charge in [0.25, 0.3) is 0 Å². The van der Waals surface area contributed by atoms with Crippen LogP contribution in [0.25, 0.3) is 0 Å². The Morgan fingerprint density at radius 3 is 2.27 bits per heavy atom. The largest absolute Gasteiger partial charge is 0.481 e. The van der Waals surface area contributed by atoms with E-state index in [1.54, 1.807) is 11.8 Å². The van der Waals surface area contributed by atoms with Crippen molar-refractivity contribution in [2.75, 3.05) is 13.1 Å². The van der Waals surface area contributed by atoms with E-state index in [2.05, 4.69) is 6.58 Å². The number of nitrogens with zero attached hydrogens (tertiary/aromatic N) is 1. The Labute approximate surface area is 133 Å². The molecule has 0 aliphatic carbocycles. The van der Waals surface area contributed by atoms with Crippen molar-refractivity contribution >= 4 is 12.1 Å². The molecule has 0 bridgehead atoms. The maximum atomic E-state index is 12.0. The molecular formula is C17H29NO4. The SMILES string of the molecule is C=C(C)C(CCC1CCN(C(=O)OC(C)(C)C)CC1)C(=O)O. The van der Waals surface area contributed by atoms with Gasteiger partial charge in [0.1, 0.15) is 5.60 Å². The number of likely N-dealkylation sites (tertiary alicyclic amines) is 1. The smallest absolute Gasteiger partial charge is 0.410 e. The van der Waals surface area contributed by atoms with Crippen molar-refractivity contribution in [1.29, 1.82) is 0 Å². The summed E-state index contributed by atoms with van der Waals surface area (Å²) in [7, 11) is 0. The number of ether oxygens (including phenoxy) is 1. The molecule has 1 unspecified atom stereocenters. The highest BCUT2D eigenvalue weighted by Gasteiger charge is 2.28. The number of piperidine rings is 1. The first-order chi connectivity index (χ1) is 10.1. The van der Waals surface area contributed by atoms with Crippen LogP contribution in [0, 0.1) is 11.8 Å². The summed E-state index contributed by atoms with van der Waals surface area (Å²) in [5.74, 6) is -0.775. The van der Waals surface area contributed by atoms with E-state index in [1.165, 1.54) is 0 Å². The summed E-state index contributed by atoms with van der Waals surface area (Å²) < 4.78 is 5.37. The second-order valence-electron chi connectivity index (χ2n) is 7.23. The summed E-state index contributed by atoms with van der Waals surface area (Å²) in [4.78, 5) is 24.9. The van der Waals surface area contributed by atoms with Gasteiger partial charge < -0.3 is 14.7 Å². The van der Waals surface area contributed by atoms with Crippen molar-refractivity contribution < 1.29 is 19.4 Å². The van der Waals surface area contributed by atoms with E-state index >= 15 is 0 Å². The highest BCUT2D eigenvalue weighted by atomic mass is 16.6. The molecule has 5 nitrogen and oxygen atoms in total. The average Bonchev–Trinajstić information content (AvgIpc) is 2.36. The lowest BCUT2D eigenvalue weighted by atomic mass is 9.87. The first kappa shape index (κ1) is 18.5. The van der Waals surface area contributed by atoms with E-state index in [9.17, 15) is 9.59 Å². The molecule has 1 atom stereocenters. The third-order valence-corrected chi connectivity index (χ3v) is 4.02. The fraction of sp³-hybridized carbons (Fsp3) is 0.765. The average molecular weight is 311 g/mol. The lowest BCUT2D eigenvalue weighted by Gasteiger charge is -2.33. The summed E-state index contributed by atoms with van der Waals surface area (Å²) >= 11 is 0. The maximum Gasteiger partial charge on any atom is 0.410 e. The number of amides is 1. The van der Waals surface area contributed by atoms with E-state index in [1.807, 2.05) is 20.8 Å². The molecule has 1 fully saturated rings. The summed E-state index contributed by atoms with van der Waals surface area (Å²) in [6.07, 6.45) is 3.05. The lowest BCUT2D eigenvalue weighted by Crippen LogP contribution is -2.41. The Bertz CT molecular complexity index is 403. The summed E-state index contributed by atoms with van der Waals surface area (Å²) in [6, 6.07) is 0. The summed E-state index contributed by atoms with van der Waals surface area (Å²) in [5.41, 5.74) is 0.239. The van der Waals surface area contributed by atoms with Gasteiger partial charge in [0.05, 0.1) is 5.92 Å². The van der Waals surface area contributed by atoms with Gasteiger partial charge in [-0.3, -0.25) is 4.79 Å². The van der Waals surface area contributed by atoms with Gasteiger partial charge in [-0.05, 0) is 59.3 Å². The third kappa shape index (κ3) is 6.08. The van der Waals surface area contributed by atoms with Crippen LogP contribution in [0.2, 0.25) is 0 Å². The summed E-state index contributed by atoms with van der Waals surface area (Å²) in [6.45, 7) is 12.5. The zero-order chi connectivity index (χ0) is 16.9. The molecule has 0 spiro atoms. The van der Waals surface area contributed by atoms with Gasteiger partial charge in [0.2, 0.25) is 0 Å². The van der Waals surface area contributed by atoms with Crippen LogP contribution in [0.15, 0.2) is 12.2 Å². The molecule has 1 amide bonds. The molecule has 126 valence electrons. The minimum Gasteiger partial charge on any atom is -0.481 e. The van der Waals surface area contributed by atoms with Crippen LogP contribution in [0.4, 0.5) is 4.79 Å². The fourth-order valence-corrected chi connectivity index (χ4v) is 2.71. The molecule has 5 heteroatoms. The number of carboxylic acids is 1. The molecule has 1 aliphatic rings. The van der Waals surface area contributed by atoms with Gasteiger partial charge in [-0.2, -0.15) is 0 Å². The molecular weight excluding hydrogens is 282 g/mol. The van der Waals surface area contributed by atoms with E-state index in [4.69, 9.17) is 9.84 Å². The van der Waals surface area contributed by atoms with Crippen molar-refractivity contribution in [1.82, 2.24) is 4.90 Å². The molecule has 1 heterocycles. The highest BCUT2D eigenvalue weighted by Crippen LogP contribution is 2.27. The number of hydrogen-bond donors (Lipinski definition) is 1. The van der Waals surface area contributed by atoms with E-state index in [0.29, 0.717) is 31.0 Å². The minimum atomic E-state index is -0.793. The molecule has 0 radical (unpaired) electrons. The summed E-state index contributed by atoms with van der Waals surface area (Å²) in [5, 5.41) is 9.17. The quantitative estimate of drug-likeness (QED) is 0.786. The number of hydrogen-bond acceptors (Lipinski definition) is 3. The molecule has 0 aromatic heterocycles. The highest BCUT2D eigenvalue weighted by molar-refractivity contribution is 5.73. The van der Waals surface area contributed by atoms with Gasteiger partial charge in [0.15, 0.2) is 0 Å². The monoisotopic (exact) mass is 311 g/mol. The Morgan fingerprint density at radius 2 is 1.86 bits per heavy atom. The van der Waals surface area contributed by atoms with Crippen molar-refractivity contribution in [2.45, 2.75) is 59.0 Å². The van der Waals surface area contributed by atoms with Crippen LogP contribution in [0.5, 0.6) is 0 Å². The second-order valence-corrected chi connectivity index (χ2v) is 7.23. The predicted octanol–water partition coefficient (Wildman–Crippen LogP) is 3.69. The molecule has 1 saturated heterocycles. The van der Waals surface area contributed by atoms with E-state index in [-0.39, 0.29) is 6.09 Å². The van der Waals surface area contributed by atoms with Crippen molar-refractivity contribution in [3.8, 4) is 0 Å². The first-order valence-electron chi connectivity index (χ1n) is 7.96. The Hall–Kier alpha value is -1.52. The molecule has 0 aromatic carbocycles. The van der Waals surface area contributed by atoms with Crippen LogP contribution in [0.1, 0.15) is 53.4 Å². The molecule has 0 saturated carbocycles. The normalized spacial score (nSPS) is 17.9. The Morgan fingerprint density at radius 1 is 1.32 bits per heavy atom. The van der Waals surface area contributed by atoms with Crippen molar-refractivity contribution in [3.05, 3.63) is 12.2 Å². The first-order valence-corrected chi connectivity index (χ1v) is 7.96. The number of rotatable bonds is 5. The van der Waals surface area contributed by atoms with Gasteiger partial charge in [-0.25, -0.2) is 4.79 Å². The number of carbonyl (C=O) groups excluding carboxylic acids is 1. The Kier molecular flexibility index (Phi) is 6.45. The van der Waals surface area contributed by atoms with Gasteiger partial charge in [-0.15, -0.1) is 0 Å². The van der Waals surface area contributed by atoms with Crippen LogP contribution >= 0.6 is 0 Å². The van der Waals surface area contributed by atoms with Gasteiger partial charge >= 0.3 is 12.1 Å². The fourth-order valence-electron chi connectivity index (χ4n) is 2.71. The Balaban J connectivity index is 2.38. The van der Waals surface area contributed by atoms with Gasteiger partial charge in [0, 0.05) is 13.1 Å². The van der Waals surface area contributed by atoms with E-state index in [0.717, 1.165) is 19.3 Å². The van der Waals surface area contributed by atoms with Crippen LogP contribution in [-0.4, -0.2) is 40.8 Å². The second kappa shape index (κ2) is 7.65. The zero-order valence-electron chi connectivity index (χ0n) is 14.2. The molecule has 0 aromatic rings. The maximum absolute atomic E-state index is 12.0. The number of carbonyl (C=O) groups is 2. The van der Waals surface area contributed by atoms with Crippen LogP contribution in [0.3, 0.4) is 0 Å². The van der Waals surface area contributed by atoms with Crippen molar-refractivity contribution in [2.24, 2.45) is 11.8 Å². The molecule has 22 heavy (non-hydrogen) atoms. The molecule has 1 rings (SSSR count). The number of aliphatic carboxylic acids is 1. The lowest BCUT2D eigenvalue weighted by molar-refractivity contribution is -0.140. The molecule has 1 N–H and O–H groups in total. The standard InChI is InChI=1S/C17H29NO4/c1-12(2)14(15(19)20)7-6-13-8-10-18(11-9-13)16(21)22-17(3,4)5/h13-14H,1,6-11H2,2-5H3,(H,19,20). The predicted molar refractivity (Wildman–Crippen MR) is 85.7 cm³/mol. The van der Waals surface area contributed by atoms with Crippen LogP contribution in [-0.2, 0) is 9.53 Å². The van der Waals surface area contributed by atoms with Gasteiger partial charge in [-0.1, -0.05) is 12.2 Å². The zero-order valence-corrected chi connectivity index (χ0v) is 14.2.